The van der Waals surface area contributed by atoms with Crippen LogP contribution in [0.2, 0.25) is 0 Å². The first-order valence-electron chi connectivity index (χ1n) is 6.40. The molecule has 110 valence electrons. The van der Waals surface area contributed by atoms with E-state index in [1.807, 2.05) is 32.0 Å². The molecule has 1 amide bonds. The average Bonchev–Trinajstić information content (AvgIpc) is 2.40. The molecular formula is C14H18N5OS+. The van der Waals surface area contributed by atoms with Crippen LogP contribution in [0.25, 0.3) is 0 Å². The summed E-state index contributed by atoms with van der Waals surface area (Å²) < 4.78 is 0. The molecule has 1 aromatic carbocycles. The number of carbonyl (C=O) groups excluding carboxylic acids is 1. The number of nitrogens with zero attached hydrogens (tertiary/aromatic N) is 1. The SMILES string of the molecule is Cc1cccc(C)c1NC(=O)CSc1nc(N)cc(N)[nH+]1. The maximum atomic E-state index is 12.0. The molecule has 2 aromatic rings. The zero-order valence-electron chi connectivity index (χ0n) is 11.9. The molecule has 1 aromatic heterocycles. The Hall–Kier alpha value is -2.28. The van der Waals surface area contributed by atoms with Crippen molar-refractivity contribution in [2.45, 2.75) is 19.0 Å². The highest BCUT2D eigenvalue weighted by Crippen LogP contribution is 2.20. The van der Waals surface area contributed by atoms with E-state index in [0.717, 1.165) is 16.8 Å². The second-order valence-corrected chi connectivity index (χ2v) is 5.63. The van der Waals surface area contributed by atoms with Gasteiger partial charge in [0.15, 0.2) is 0 Å². The number of aromatic nitrogens is 2. The van der Waals surface area contributed by atoms with Crippen LogP contribution in [0.4, 0.5) is 17.3 Å². The molecule has 0 aliphatic heterocycles. The molecule has 1 heterocycles. The van der Waals surface area contributed by atoms with Crippen molar-refractivity contribution >= 4 is 35.0 Å². The number of aromatic amines is 1. The molecule has 0 saturated carbocycles. The van der Waals surface area contributed by atoms with Crippen molar-refractivity contribution in [1.82, 2.24) is 4.98 Å². The van der Waals surface area contributed by atoms with Crippen molar-refractivity contribution in [3.8, 4) is 0 Å². The topological polar surface area (TPSA) is 108 Å². The van der Waals surface area contributed by atoms with Crippen LogP contribution in [0, 0.1) is 13.8 Å². The number of benzene rings is 1. The highest BCUT2D eigenvalue weighted by molar-refractivity contribution is 7.99. The quantitative estimate of drug-likeness (QED) is 0.584. The van der Waals surface area contributed by atoms with Crippen molar-refractivity contribution in [1.29, 1.82) is 0 Å². The van der Waals surface area contributed by atoms with Gasteiger partial charge in [-0.1, -0.05) is 23.2 Å². The lowest BCUT2D eigenvalue weighted by Crippen LogP contribution is -2.19. The van der Waals surface area contributed by atoms with Crippen molar-refractivity contribution in [2.24, 2.45) is 0 Å². The molecule has 6 N–H and O–H groups in total. The summed E-state index contributed by atoms with van der Waals surface area (Å²) in [6, 6.07) is 7.41. The molecule has 0 atom stereocenters. The standard InChI is InChI=1S/C14H17N5OS/c1-8-4-3-5-9(2)13(8)19-12(20)7-21-14-17-10(15)6-11(16)18-14/h3-6H,7H2,1-2H3,(H,19,20)(H4,15,16,17,18)/p+1. The number of anilines is 3. The molecule has 0 unspecified atom stereocenters. The molecule has 0 bridgehead atoms. The minimum atomic E-state index is -0.103. The number of rotatable bonds is 4. The second-order valence-electron chi connectivity index (χ2n) is 4.67. The highest BCUT2D eigenvalue weighted by atomic mass is 32.2. The van der Waals surface area contributed by atoms with E-state index in [2.05, 4.69) is 15.3 Å². The van der Waals surface area contributed by atoms with Gasteiger partial charge in [0.05, 0.1) is 11.8 Å². The lowest BCUT2D eigenvalue weighted by atomic mass is 10.1. The Kier molecular flexibility index (Phi) is 4.64. The summed E-state index contributed by atoms with van der Waals surface area (Å²) in [5, 5.41) is 3.43. The number of nitrogen functional groups attached to an aromatic ring is 2. The van der Waals surface area contributed by atoms with E-state index in [1.54, 1.807) is 0 Å². The molecular weight excluding hydrogens is 286 g/mol. The van der Waals surface area contributed by atoms with Gasteiger partial charge in [-0.05, 0) is 36.7 Å². The van der Waals surface area contributed by atoms with Crippen LogP contribution in [0.5, 0.6) is 0 Å². The Bertz CT molecular complexity index is 634. The van der Waals surface area contributed by atoms with Crippen LogP contribution in [0.3, 0.4) is 0 Å². The van der Waals surface area contributed by atoms with Crippen molar-refractivity contribution < 1.29 is 9.78 Å². The third-order valence-corrected chi connectivity index (χ3v) is 3.74. The Balaban J connectivity index is 1.99. The van der Waals surface area contributed by atoms with E-state index >= 15 is 0 Å². The van der Waals surface area contributed by atoms with E-state index in [4.69, 9.17) is 11.5 Å². The molecule has 6 nitrogen and oxygen atoms in total. The Labute approximate surface area is 127 Å². The maximum Gasteiger partial charge on any atom is 0.299 e. The van der Waals surface area contributed by atoms with E-state index < -0.39 is 0 Å². The van der Waals surface area contributed by atoms with E-state index in [0.29, 0.717) is 16.8 Å². The fourth-order valence-electron chi connectivity index (χ4n) is 1.89. The summed E-state index contributed by atoms with van der Waals surface area (Å²) in [4.78, 5) is 19.0. The number of amides is 1. The minimum Gasteiger partial charge on any atom is -0.370 e. The normalized spacial score (nSPS) is 10.4. The van der Waals surface area contributed by atoms with Gasteiger partial charge in [0.1, 0.15) is 0 Å². The Morgan fingerprint density at radius 3 is 2.62 bits per heavy atom. The van der Waals surface area contributed by atoms with Gasteiger partial charge in [-0.3, -0.25) is 4.79 Å². The zero-order valence-corrected chi connectivity index (χ0v) is 12.8. The van der Waals surface area contributed by atoms with Crippen LogP contribution in [-0.2, 0) is 4.79 Å². The second kappa shape index (κ2) is 6.45. The lowest BCUT2D eigenvalue weighted by molar-refractivity contribution is -0.416. The molecule has 2 rings (SSSR count). The number of hydrogen-bond donors (Lipinski definition) is 3. The first kappa shape index (κ1) is 15.1. The molecule has 0 fully saturated rings. The van der Waals surface area contributed by atoms with Gasteiger partial charge < -0.3 is 16.8 Å². The largest absolute Gasteiger partial charge is 0.370 e. The monoisotopic (exact) mass is 304 g/mol. The number of thioether (sulfide) groups is 1. The third-order valence-electron chi connectivity index (χ3n) is 2.87. The van der Waals surface area contributed by atoms with E-state index in [-0.39, 0.29) is 11.7 Å². The number of aryl methyl sites for hydroxylation is 2. The first-order valence-corrected chi connectivity index (χ1v) is 7.38. The minimum absolute atomic E-state index is 0.103. The molecule has 0 aliphatic carbocycles. The van der Waals surface area contributed by atoms with Gasteiger partial charge in [-0.25, -0.2) is 4.98 Å². The molecule has 0 aliphatic rings. The predicted octanol–water partition coefficient (Wildman–Crippen LogP) is 1.41. The van der Waals surface area contributed by atoms with Crippen molar-refractivity contribution in [3.63, 3.8) is 0 Å². The van der Waals surface area contributed by atoms with Crippen molar-refractivity contribution in [2.75, 3.05) is 22.5 Å². The van der Waals surface area contributed by atoms with Gasteiger partial charge in [0.2, 0.25) is 17.5 Å². The van der Waals surface area contributed by atoms with Crippen LogP contribution in [-0.4, -0.2) is 16.6 Å². The molecule has 0 saturated heterocycles. The van der Waals surface area contributed by atoms with Gasteiger partial charge in [0.25, 0.3) is 5.16 Å². The summed E-state index contributed by atoms with van der Waals surface area (Å²) in [6.07, 6.45) is 0. The maximum absolute atomic E-state index is 12.0. The van der Waals surface area contributed by atoms with E-state index in [1.165, 1.54) is 17.8 Å². The summed E-state index contributed by atoms with van der Waals surface area (Å²) in [7, 11) is 0. The van der Waals surface area contributed by atoms with Crippen molar-refractivity contribution in [3.05, 3.63) is 35.4 Å². The van der Waals surface area contributed by atoms with E-state index in [9.17, 15) is 4.79 Å². The van der Waals surface area contributed by atoms with Gasteiger partial charge in [-0.2, -0.15) is 0 Å². The molecule has 0 spiro atoms. The van der Waals surface area contributed by atoms with Crippen LogP contribution < -0.4 is 21.8 Å². The Morgan fingerprint density at radius 2 is 2.00 bits per heavy atom. The van der Waals surface area contributed by atoms with Crippen LogP contribution in [0.1, 0.15) is 11.1 Å². The number of nitrogens with two attached hydrogens (primary N) is 2. The molecule has 0 radical (unpaired) electrons. The summed E-state index contributed by atoms with van der Waals surface area (Å²) >= 11 is 1.25. The average molecular weight is 304 g/mol. The predicted molar refractivity (Wildman–Crippen MR) is 84.9 cm³/mol. The summed E-state index contributed by atoms with van der Waals surface area (Å²) in [5.74, 6) is 0.859. The fourth-order valence-corrected chi connectivity index (χ4v) is 2.59. The number of carbonyl (C=O) groups is 1. The number of nitrogens with one attached hydrogen (secondary N) is 2. The third kappa shape index (κ3) is 4.09. The summed E-state index contributed by atoms with van der Waals surface area (Å²) in [6.45, 7) is 3.92. The van der Waals surface area contributed by atoms with Crippen LogP contribution in [0.15, 0.2) is 29.4 Å². The lowest BCUT2D eigenvalue weighted by Gasteiger charge is -2.10. The molecule has 21 heavy (non-hydrogen) atoms. The van der Waals surface area contributed by atoms with Gasteiger partial charge >= 0.3 is 0 Å². The molecule has 7 heteroatoms. The fraction of sp³-hybridized carbons (Fsp3) is 0.214. The highest BCUT2D eigenvalue weighted by Gasteiger charge is 2.12. The zero-order chi connectivity index (χ0) is 15.4. The Morgan fingerprint density at radius 1 is 1.33 bits per heavy atom. The first-order chi connectivity index (χ1) is 9.95. The van der Waals surface area contributed by atoms with Gasteiger partial charge in [0, 0.05) is 5.69 Å². The smallest absolute Gasteiger partial charge is 0.299 e. The van der Waals surface area contributed by atoms with Gasteiger partial charge in [-0.15, -0.1) is 0 Å². The number of hydrogen-bond acceptors (Lipinski definition) is 5. The summed E-state index contributed by atoms with van der Waals surface area (Å²) in [5.41, 5.74) is 14.2. The number of para-hydroxylation sites is 1. The number of H-pyrrole nitrogens is 1. The van der Waals surface area contributed by atoms with Crippen LogP contribution >= 0.6 is 11.8 Å².